The third kappa shape index (κ3) is 3.18. The number of pyridine rings is 1. The van der Waals surface area contributed by atoms with Gasteiger partial charge in [-0.05, 0) is 76.2 Å². The molecule has 4 heteroatoms. The molecule has 0 bridgehead atoms. The maximum absolute atomic E-state index is 12.5. The van der Waals surface area contributed by atoms with Crippen LogP contribution in [0.1, 0.15) is 62.2 Å². The zero-order valence-electron chi connectivity index (χ0n) is 14.6. The molecule has 0 saturated heterocycles. The lowest BCUT2D eigenvalue weighted by molar-refractivity contribution is -0.0338. The van der Waals surface area contributed by atoms with Crippen molar-refractivity contribution in [3.63, 3.8) is 0 Å². The van der Waals surface area contributed by atoms with Crippen LogP contribution in [0.5, 0.6) is 0 Å². The van der Waals surface area contributed by atoms with Crippen molar-refractivity contribution in [2.45, 2.75) is 76.5 Å². The quantitative estimate of drug-likeness (QED) is 0.923. The molecule has 2 aliphatic carbocycles. The van der Waals surface area contributed by atoms with E-state index in [4.69, 9.17) is 4.74 Å². The van der Waals surface area contributed by atoms with Gasteiger partial charge in [0, 0.05) is 11.3 Å². The molecule has 24 heavy (non-hydrogen) atoms. The highest BCUT2D eigenvalue weighted by Crippen LogP contribution is 2.44. The van der Waals surface area contributed by atoms with E-state index in [9.17, 15) is 9.90 Å². The fraction of sp³-hybridized carbons (Fsp3) is 0.750. The normalized spacial score (nSPS) is 33.2. The number of hydrogen-bond acceptors (Lipinski definition) is 3. The molecule has 2 saturated carbocycles. The van der Waals surface area contributed by atoms with E-state index in [2.05, 4.69) is 0 Å². The molecule has 0 amide bonds. The summed E-state index contributed by atoms with van der Waals surface area (Å²) in [5.41, 5.74) is 1.79. The smallest absolute Gasteiger partial charge is 0.254 e. The molecule has 0 radical (unpaired) electrons. The lowest BCUT2D eigenvalue weighted by Crippen LogP contribution is -2.42. The number of ether oxygens (including phenoxy) is 1. The van der Waals surface area contributed by atoms with Crippen LogP contribution in [0, 0.1) is 18.8 Å². The van der Waals surface area contributed by atoms with Crippen molar-refractivity contribution in [3.8, 4) is 0 Å². The van der Waals surface area contributed by atoms with Gasteiger partial charge in [0.2, 0.25) is 0 Å². The van der Waals surface area contributed by atoms with E-state index in [-0.39, 0.29) is 11.6 Å². The minimum atomic E-state index is -0.486. The number of aryl methyl sites for hydroxylation is 2. The Morgan fingerprint density at radius 2 is 1.75 bits per heavy atom. The Labute approximate surface area is 143 Å². The van der Waals surface area contributed by atoms with Gasteiger partial charge >= 0.3 is 0 Å². The molecule has 1 aromatic rings. The molecule has 0 unspecified atom stereocenters. The van der Waals surface area contributed by atoms with Gasteiger partial charge < -0.3 is 14.4 Å². The molecule has 1 aliphatic heterocycles. The fourth-order valence-corrected chi connectivity index (χ4v) is 4.64. The zero-order valence-corrected chi connectivity index (χ0v) is 14.6. The Balaban J connectivity index is 1.41. The average molecular weight is 331 g/mol. The zero-order chi connectivity index (χ0) is 16.7. The average Bonchev–Trinajstić information content (AvgIpc) is 3.43. The highest BCUT2D eigenvalue weighted by molar-refractivity contribution is 5.18. The number of nitrogens with zero attached hydrogens (tertiary/aromatic N) is 1. The molecule has 2 atom stereocenters. The molecule has 4 nitrogen and oxygen atoms in total. The summed E-state index contributed by atoms with van der Waals surface area (Å²) in [6.07, 6.45) is 9.02. The van der Waals surface area contributed by atoms with Gasteiger partial charge in [0.1, 0.15) is 0 Å². The Bertz CT molecular complexity index is 641. The van der Waals surface area contributed by atoms with Crippen LogP contribution in [0.15, 0.2) is 16.9 Å². The first-order chi connectivity index (χ1) is 11.6. The Kier molecular flexibility index (Phi) is 4.52. The van der Waals surface area contributed by atoms with Crippen molar-refractivity contribution in [2.24, 2.45) is 11.8 Å². The predicted octanol–water partition coefficient (Wildman–Crippen LogP) is 2.99. The molecule has 1 N–H and O–H groups in total. The third-order valence-corrected chi connectivity index (χ3v) is 6.37. The van der Waals surface area contributed by atoms with E-state index >= 15 is 0 Å². The molecule has 0 aromatic carbocycles. The first-order valence-electron chi connectivity index (χ1n) is 9.64. The molecular formula is C20H29NO3. The summed E-state index contributed by atoms with van der Waals surface area (Å²) >= 11 is 0. The van der Waals surface area contributed by atoms with E-state index in [1.165, 1.54) is 25.7 Å². The van der Waals surface area contributed by atoms with E-state index in [0.717, 1.165) is 42.4 Å². The summed E-state index contributed by atoms with van der Waals surface area (Å²) < 4.78 is 7.96. The molecule has 0 spiro atoms. The summed E-state index contributed by atoms with van der Waals surface area (Å²) in [4.78, 5) is 12.5. The largest absolute Gasteiger partial charge is 0.391 e. The first kappa shape index (κ1) is 16.3. The Morgan fingerprint density at radius 3 is 2.42 bits per heavy atom. The third-order valence-electron chi connectivity index (χ3n) is 6.37. The standard InChI is InChI=1S/C20H29NO3/c1-13-2-7-16-8-11-19(22)18(21(16)20(13)23)12-24-17-9-5-15(6-10-17)14-3-4-14/h2,7,14-15,17-19,22H,3-6,8-12H2,1H3/t15?,17?,18-,19-/m0/s1. The molecule has 2 heterocycles. The van der Waals surface area contributed by atoms with Crippen LogP contribution < -0.4 is 5.56 Å². The summed E-state index contributed by atoms with van der Waals surface area (Å²) in [6, 6.07) is 3.68. The Morgan fingerprint density at radius 1 is 1.08 bits per heavy atom. The molecule has 132 valence electrons. The fourth-order valence-electron chi connectivity index (χ4n) is 4.64. The highest BCUT2D eigenvalue weighted by Gasteiger charge is 2.35. The number of aliphatic hydroxyl groups is 1. The van der Waals surface area contributed by atoms with Crippen LogP contribution in [-0.4, -0.2) is 28.5 Å². The van der Waals surface area contributed by atoms with Gasteiger partial charge in [-0.1, -0.05) is 6.07 Å². The number of rotatable bonds is 4. The van der Waals surface area contributed by atoms with Crippen LogP contribution in [0.25, 0.3) is 0 Å². The van der Waals surface area contributed by atoms with Crippen LogP contribution in [-0.2, 0) is 11.2 Å². The second kappa shape index (κ2) is 6.64. The molecule has 4 rings (SSSR count). The van der Waals surface area contributed by atoms with Gasteiger partial charge in [0.25, 0.3) is 5.56 Å². The minimum Gasteiger partial charge on any atom is -0.391 e. The van der Waals surface area contributed by atoms with Gasteiger partial charge in [0.15, 0.2) is 0 Å². The predicted molar refractivity (Wildman–Crippen MR) is 93.2 cm³/mol. The van der Waals surface area contributed by atoms with Crippen LogP contribution in [0.4, 0.5) is 0 Å². The van der Waals surface area contributed by atoms with Crippen LogP contribution >= 0.6 is 0 Å². The van der Waals surface area contributed by atoms with Gasteiger partial charge in [-0.25, -0.2) is 0 Å². The maximum Gasteiger partial charge on any atom is 0.254 e. The monoisotopic (exact) mass is 331 g/mol. The SMILES string of the molecule is Cc1ccc2n(c1=O)[C@@H](COC1CCC(C3CC3)CC1)[C@@H](O)CC2. The van der Waals surface area contributed by atoms with Crippen LogP contribution in [0.3, 0.4) is 0 Å². The van der Waals surface area contributed by atoms with E-state index in [1.54, 1.807) is 4.57 Å². The summed E-state index contributed by atoms with van der Waals surface area (Å²) in [5.74, 6) is 1.93. The van der Waals surface area contributed by atoms with Crippen molar-refractivity contribution in [2.75, 3.05) is 6.61 Å². The van der Waals surface area contributed by atoms with Crippen molar-refractivity contribution in [1.29, 1.82) is 0 Å². The van der Waals surface area contributed by atoms with E-state index < -0.39 is 6.10 Å². The second-order valence-electron chi connectivity index (χ2n) is 8.06. The summed E-state index contributed by atoms with van der Waals surface area (Å²) in [7, 11) is 0. The van der Waals surface area contributed by atoms with Crippen molar-refractivity contribution < 1.29 is 9.84 Å². The molecule has 3 aliphatic rings. The van der Waals surface area contributed by atoms with Gasteiger partial charge in [0.05, 0.1) is 24.9 Å². The summed E-state index contributed by atoms with van der Waals surface area (Å²) in [5, 5.41) is 10.4. The number of hydrogen-bond donors (Lipinski definition) is 1. The second-order valence-corrected chi connectivity index (χ2v) is 8.06. The number of aromatic nitrogens is 1. The molecular weight excluding hydrogens is 302 g/mol. The summed E-state index contributed by atoms with van der Waals surface area (Å²) in [6.45, 7) is 2.30. The van der Waals surface area contributed by atoms with E-state index in [0.29, 0.717) is 19.1 Å². The van der Waals surface area contributed by atoms with E-state index in [1.807, 2.05) is 19.1 Å². The maximum atomic E-state index is 12.5. The van der Waals surface area contributed by atoms with Crippen LogP contribution in [0.2, 0.25) is 0 Å². The van der Waals surface area contributed by atoms with Gasteiger partial charge in [-0.3, -0.25) is 4.79 Å². The lowest BCUT2D eigenvalue weighted by Gasteiger charge is -2.35. The highest BCUT2D eigenvalue weighted by atomic mass is 16.5. The van der Waals surface area contributed by atoms with Crippen molar-refractivity contribution in [1.82, 2.24) is 4.57 Å². The van der Waals surface area contributed by atoms with Crippen molar-refractivity contribution in [3.05, 3.63) is 33.7 Å². The van der Waals surface area contributed by atoms with Crippen molar-refractivity contribution >= 4 is 0 Å². The minimum absolute atomic E-state index is 0.0253. The first-order valence-corrected chi connectivity index (χ1v) is 9.64. The van der Waals surface area contributed by atoms with Gasteiger partial charge in [-0.15, -0.1) is 0 Å². The number of fused-ring (bicyclic) bond motifs is 1. The Hall–Kier alpha value is -1.13. The molecule has 1 aromatic heterocycles. The number of aliphatic hydroxyl groups excluding tert-OH is 1. The lowest BCUT2D eigenvalue weighted by atomic mass is 9.84. The van der Waals surface area contributed by atoms with Gasteiger partial charge in [-0.2, -0.15) is 0 Å². The molecule has 2 fully saturated rings. The topological polar surface area (TPSA) is 51.5 Å².